The van der Waals surface area contributed by atoms with E-state index in [0.717, 1.165) is 44.3 Å². The molecule has 4 rings (SSSR count). The first-order valence-electron chi connectivity index (χ1n) is 8.51. The standard InChI is InChI=1S/C18H21FN4O/c19-14-4-1-3-13(11-14)18(7-8-18)21-17(24)16-6-10-23(22-16)15-5-2-9-20-12-15/h1,3-4,6,10-11,15,20H,2,5,7-9,12H2,(H,21,24). The van der Waals surface area contributed by atoms with E-state index in [1.54, 1.807) is 12.1 Å². The number of carbonyl (C=O) groups is 1. The number of benzene rings is 1. The Kier molecular flexibility index (Phi) is 3.84. The van der Waals surface area contributed by atoms with Gasteiger partial charge in [0.15, 0.2) is 0 Å². The Hall–Kier alpha value is -2.21. The van der Waals surface area contributed by atoms with E-state index in [-0.39, 0.29) is 11.7 Å². The van der Waals surface area contributed by atoms with Crippen LogP contribution in [0.2, 0.25) is 0 Å². The normalized spacial score (nSPS) is 22.1. The molecule has 0 radical (unpaired) electrons. The molecule has 5 nitrogen and oxygen atoms in total. The minimum atomic E-state index is -0.435. The molecule has 2 aliphatic rings. The maximum absolute atomic E-state index is 13.5. The summed E-state index contributed by atoms with van der Waals surface area (Å²) in [5.41, 5.74) is 0.810. The number of hydrogen-bond donors (Lipinski definition) is 2. The van der Waals surface area contributed by atoms with Gasteiger partial charge in [0.05, 0.1) is 11.6 Å². The van der Waals surface area contributed by atoms with E-state index in [4.69, 9.17) is 0 Å². The number of nitrogens with one attached hydrogen (secondary N) is 2. The quantitative estimate of drug-likeness (QED) is 0.906. The molecule has 1 aromatic heterocycles. The Morgan fingerprint density at radius 1 is 1.38 bits per heavy atom. The van der Waals surface area contributed by atoms with Crippen molar-refractivity contribution in [2.45, 2.75) is 37.3 Å². The molecule has 1 saturated carbocycles. The second kappa shape index (κ2) is 6.02. The van der Waals surface area contributed by atoms with Crippen LogP contribution in [0.4, 0.5) is 4.39 Å². The van der Waals surface area contributed by atoms with Crippen LogP contribution in [0.15, 0.2) is 36.5 Å². The molecule has 0 spiro atoms. The van der Waals surface area contributed by atoms with Gasteiger partial charge >= 0.3 is 0 Å². The zero-order chi connectivity index (χ0) is 16.6. The average Bonchev–Trinajstić information content (AvgIpc) is 3.21. The third-order valence-corrected chi connectivity index (χ3v) is 4.97. The summed E-state index contributed by atoms with van der Waals surface area (Å²) in [6.07, 6.45) is 5.72. The van der Waals surface area contributed by atoms with Crippen molar-refractivity contribution in [2.75, 3.05) is 13.1 Å². The summed E-state index contributed by atoms with van der Waals surface area (Å²) >= 11 is 0. The molecule has 2 heterocycles. The second-order valence-electron chi connectivity index (χ2n) is 6.73. The van der Waals surface area contributed by atoms with Gasteiger partial charge in [0.1, 0.15) is 11.5 Å². The molecule has 1 aromatic carbocycles. The van der Waals surface area contributed by atoms with E-state index in [1.807, 2.05) is 16.9 Å². The zero-order valence-corrected chi connectivity index (χ0v) is 13.5. The predicted molar refractivity (Wildman–Crippen MR) is 88.1 cm³/mol. The van der Waals surface area contributed by atoms with Crippen molar-refractivity contribution in [3.05, 3.63) is 53.6 Å². The molecule has 2 N–H and O–H groups in total. The van der Waals surface area contributed by atoms with Crippen molar-refractivity contribution in [3.63, 3.8) is 0 Å². The third-order valence-electron chi connectivity index (χ3n) is 4.97. The Balaban J connectivity index is 1.47. The molecule has 1 aliphatic carbocycles. The highest BCUT2D eigenvalue weighted by molar-refractivity contribution is 5.93. The van der Waals surface area contributed by atoms with Crippen LogP contribution in [-0.4, -0.2) is 28.8 Å². The lowest BCUT2D eigenvalue weighted by atomic mass is 10.0. The van der Waals surface area contributed by atoms with Crippen LogP contribution in [0.5, 0.6) is 0 Å². The van der Waals surface area contributed by atoms with Crippen molar-refractivity contribution < 1.29 is 9.18 Å². The molecule has 24 heavy (non-hydrogen) atoms. The zero-order valence-electron chi connectivity index (χ0n) is 13.5. The van der Waals surface area contributed by atoms with Crippen LogP contribution < -0.4 is 10.6 Å². The third kappa shape index (κ3) is 2.94. The summed E-state index contributed by atoms with van der Waals surface area (Å²) in [7, 11) is 0. The van der Waals surface area contributed by atoms with Gasteiger partial charge in [0.2, 0.25) is 0 Å². The second-order valence-corrected chi connectivity index (χ2v) is 6.73. The summed E-state index contributed by atoms with van der Waals surface area (Å²) in [4.78, 5) is 12.6. The van der Waals surface area contributed by atoms with Crippen LogP contribution in [0.25, 0.3) is 0 Å². The van der Waals surface area contributed by atoms with E-state index in [0.29, 0.717) is 11.7 Å². The lowest BCUT2D eigenvalue weighted by molar-refractivity contribution is 0.0924. The fraction of sp³-hybridized carbons (Fsp3) is 0.444. The molecule has 126 valence electrons. The number of halogens is 1. The molecule has 6 heteroatoms. The van der Waals surface area contributed by atoms with Crippen LogP contribution in [0.1, 0.15) is 47.8 Å². The van der Waals surface area contributed by atoms with E-state index >= 15 is 0 Å². The fourth-order valence-electron chi connectivity index (χ4n) is 3.40. The highest BCUT2D eigenvalue weighted by Crippen LogP contribution is 2.45. The lowest BCUT2D eigenvalue weighted by Crippen LogP contribution is -2.35. The molecule has 1 aliphatic heterocycles. The van der Waals surface area contributed by atoms with Crippen molar-refractivity contribution in [2.24, 2.45) is 0 Å². The van der Waals surface area contributed by atoms with E-state index in [1.165, 1.54) is 12.1 Å². The molecule has 2 aromatic rings. The van der Waals surface area contributed by atoms with Crippen molar-refractivity contribution >= 4 is 5.91 Å². The molecule has 1 atom stereocenters. The highest BCUT2D eigenvalue weighted by Gasteiger charge is 2.46. The largest absolute Gasteiger partial charge is 0.341 e. The molecule has 1 saturated heterocycles. The molecule has 2 fully saturated rings. The summed E-state index contributed by atoms with van der Waals surface area (Å²) in [6, 6.07) is 8.52. The molecule has 1 unspecified atom stereocenters. The minimum Gasteiger partial charge on any atom is -0.341 e. The van der Waals surface area contributed by atoms with Gasteiger partial charge in [-0.05, 0) is 56.0 Å². The van der Waals surface area contributed by atoms with Gasteiger partial charge in [0, 0.05) is 12.7 Å². The molecular weight excluding hydrogens is 307 g/mol. The summed E-state index contributed by atoms with van der Waals surface area (Å²) in [6.45, 7) is 1.93. The number of hydrogen-bond acceptors (Lipinski definition) is 3. The van der Waals surface area contributed by atoms with Gasteiger partial charge in [-0.2, -0.15) is 5.10 Å². The van der Waals surface area contributed by atoms with Gasteiger partial charge < -0.3 is 10.6 Å². The fourth-order valence-corrected chi connectivity index (χ4v) is 3.40. The van der Waals surface area contributed by atoms with Gasteiger partial charge in [-0.25, -0.2) is 4.39 Å². The predicted octanol–water partition coefficient (Wildman–Crippen LogP) is 2.37. The minimum absolute atomic E-state index is 0.195. The molecule has 1 amide bonds. The Morgan fingerprint density at radius 3 is 2.96 bits per heavy atom. The van der Waals surface area contributed by atoms with Crippen molar-refractivity contribution in [1.82, 2.24) is 20.4 Å². The maximum atomic E-state index is 13.5. The highest BCUT2D eigenvalue weighted by atomic mass is 19.1. The Labute approximate surface area is 140 Å². The van der Waals surface area contributed by atoms with Gasteiger partial charge in [0.25, 0.3) is 5.91 Å². The average molecular weight is 328 g/mol. The number of carbonyl (C=O) groups excluding carboxylic acids is 1. The Morgan fingerprint density at radius 2 is 2.25 bits per heavy atom. The van der Waals surface area contributed by atoms with Gasteiger partial charge in [-0.15, -0.1) is 0 Å². The number of aromatic nitrogens is 2. The first kappa shape index (κ1) is 15.3. The van der Waals surface area contributed by atoms with Crippen LogP contribution in [0, 0.1) is 5.82 Å². The number of amides is 1. The van der Waals surface area contributed by atoms with Crippen molar-refractivity contribution in [1.29, 1.82) is 0 Å². The Bertz CT molecular complexity index is 747. The maximum Gasteiger partial charge on any atom is 0.272 e. The lowest BCUT2D eigenvalue weighted by Gasteiger charge is -2.23. The molecule has 0 bridgehead atoms. The van der Waals surface area contributed by atoms with Crippen LogP contribution in [0.3, 0.4) is 0 Å². The SMILES string of the molecule is O=C(NC1(c2cccc(F)c2)CC1)c1ccn(C2CCCNC2)n1. The number of rotatable bonds is 4. The van der Waals surface area contributed by atoms with E-state index < -0.39 is 5.54 Å². The summed E-state index contributed by atoms with van der Waals surface area (Å²) in [5.74, 6) is -0.471. The first-order valence-corrected chi connectivity index (χ1v) is 8.51. The van der Waals surface area contributed by atoms with Crippen LogP contribution in [-0.2, 0) is 5.54 Å². The monoisotopic (exact) mass is 328 g/mol. The summed E-state index contributed by atoms with van der Waals surface area (Å²) < 4.78 is 15.3. The topological polar surface area (TPSA) is 59.0 Å². The number of piperidine rings is 1. The first-order chi connectivity index (χ1) is 11.7. The van der Waals surface area contributed by atoms with E-state index in [9.17, 15) is 9.18 Å². The van der Waals surface area contributed by atoms with E-state index in [2.05, 4.69) is 15.7 Å². The number of nitrogens with zero attached hydrogens (tertiary/aromatic N) is 2. The smallest absolute Gasteiger partial charge is 0.272 e. The molecular formula is C18H21FN4O. The van der Waals surface area contributed by atoms with Crippen LogP contribution >= 0.6 is 0 Å². The van der Waals surface area contributed by atoms with Gasteiger partial charge in [-0.3, -0.25) is 9.48 Å². The van der Waals surface area contributed by atoms with Crippen molar-refractivity contribution in [3.8, 4) is 0 Å². The summed E-state index contributed by atoms with van der Waals surface area (Å²) in [5, 5.41) is 10.8. The van der Waals surface area contributed by atoms with Gasteiger partial charge in [-0.1, -0.05) is 12.1 Å².